The number of nitrogens with zero attached hydrogens (tertiary/aromatic N) is 3. The maximum Gasteiger partial charge on any atom is 0.148 e. The van der Waals surface area contributed by atoms with Crippen molar-refractivity contribution in [3.05, 3.63) is 167 Å². The number of phenolic OH excluding ortho intramolecular Hbond substituents is 1. The Bertz CT molecular complexity index is 3440. The first-order valence-electron chi connectivity index (χ1n) is 25.7. The third kappa shape index (κ3) is 8.73. The van der Waals surface area contributed by atoms with Crippen LogP contribution in [-0.4, -0.2) is 19.6 Å². The summed E-state index contributed by atoms with van der Waals surface area (Å²) in [6, 6.07) is 28.0. The van der Waals surface area contributed by atoms with E-state index in [0.717, 1.165) is 39.0 Å². The van der Waals surface area contributed by atoms with Crippen LogP contribution in [0.2, 0.25) is 0 Å². The van der Waals surface area contributed by atoms with E-state index in [1.807, 2.05) is 71.0 Å². The van der Waals surface area contributed by atoms with E-state index in [1.165, 1.54) is 5.56 Å². The summed E-state index contributed by atoms with van der Waals surface area (Å²) >= 11 is 0. The van der Waals surface area contributed by atoms with Gasteiger partial charge in [-0.2, -0.15) is 0 Å². The second-order valence-electron chi connectivity index (χ2n) is 19.1. The summed E-state index contributed by atoms with van der Waals surface area (Å²) in [4.78, 5) is 9.86. The van der Waals surface area contributed by atoms with Crippen LogP contribution in [-0.2, 0) is 37.3 Å². The van der Waals surface area contributed by atoms with Gasteiger partial charge in [-0.25, -0.2) is 4.98 Å². The first-order chi connectivity index (χ1) is 32.9. The number of aryl methyl sites for hydroxylation is 2. The van der Waals surface area contributed by atoms with Gasteiger partial charge in [-0.1, -0.05) is 158 Å². The van der Waals surface area contributed by atoms with Gasteiger partial charge in [-0.3, -0.25) is 9.55 Å². The van der Waals surface area contributed by atoms with Crippen molar-refractivity contribution in [3.8, 4) is 67.5 Å². The van der Waals surface area contributed by atoms with Gasteiger partial charge in [0, 0.05) is 42.6 Å². The number of para-hydroxylation sites is 1. The minimum Gasteiger partial charge on any atom is -0.507 e. The van der Waals surface area contributed by atoms with Gasteiger partial charge in [0.25, 0.3) is 0 Å². The molecule has 2 aromatic heterocycles. The van der Waals surface area contributed by atoms with Crippen LogP contribution in [0.5, 0.6) is 5.75 Å². The molecule has 0 spiro atoms. The van der Waals surface area contributed by atoms with Gasteiger partial charge in [0.15, 0.2) is 0 Å². The van der Waals surface area contributed by atoms with Crippen LogP contribution < -0.4 is 0 Å². The zero-order chi connectivity index (χ0) is 52.2. The molecule has 2 heterocycles. The first kappa shape index (κ1) is 33.0. The second-order valence-corrected chi connectivity index (χ2v) is 19.1. The summed E-state index contributed by atoms with van der Waals surface area (Å²) in [7, 11) is 0. The smallest absolute Gasteiger partial charge is 0.148 e. The molecule has 0 aliphatic heterocycles. The SMILES string of the molecule is [2H]c1nc(-c2[c-]c(-c3cccc4c3nc(-c3cc(C)cc(C)c3O)n4-c3ccc(C(C)(C)C)cc3-c3ccc(C(C)(C)C)cc3)cc(C(C)(C)C)c2)c([2H])c(-c2c([2H])c([2H])c(C([2H])([2H])[2H])c([2H])c2[2H])c1[2H].[Pt]. The molecule has 4 nitrogen and oxygen atoms in total. The fourth-order valence-corrected chi connectivity index (χ4v) is 7.73. The van der Waals surface area contributed by atoms with E-state index in [9.17, 15) is 6.48 Å². The molecule has 6 aromatic carbocycles. The Morgan fingerprint density at radius 2 is 1.29 bits per heavy atom. The molecule has 0 saturated carbocycles. The second kappa shape index (κ2) is 16.6. The molecule has 0 aliphatic carbocycles. The molecule has 8 rings (SSSR count). The Hall–Kier alpha value is -5.57. The molecule has 0 atom stereocenters. The summed E-state index contributed by atoms with van der Waals surface area (Å²) in [5.41, 5.74) is 8.54. The molecule has 0 radical (unpaired) electrons. The van der Waals surface area contributed by atoms with E-state index < -0.39 is 65.8 Å². The molecule has 8 aromatic rings. The molecule has 318 valence electrons. The number of aromatic hydroxyl groups is 1. The van der Waals surface area contributed by atoms with Gasteiger partial charge >= 0.3 is 0 Å². The summed E-state index contributed by atoms with van der Waals surface area (Å²) < 4.78 is 88.0. The van der Waals surface area contributed by atoms with Gasteiger partial charge in [0.2, 0.25) is 0 Å². The zero-order valence-corrected chi connectivity index (χ0v) is 39.5. The Labute approximate surface area is 397 Å². The van der Waals surface area contributed by atoms with Crippen molar-refractivity contribution in [1.29, 1.82) is 0 Å². The Kier molecular flexibility index (Phi) is 8.85. The Morgan fingerprint density at radius 1 is 0.629 bits per heavy atom. The van der Waals surface area contributed by atoms with E-state index in [4.69, 9.17) is 17.3 Å². The molecule has 5 heteroatoms. The van der Waals surface area contributed by atoms with E-state index in [-0.39, 0.29) is 54.5 Å². The van der Waals surface area contributed by atoms with E-state index in [0.29, 0.717) is 33.6 Å². The summed E-state index contributed by atoms with van der Waals surface area (Å²) in [6.07, 6.45) is -0.584. The number of pyridine rings is 1. The standard InChI is InChI=1S/C57H58N3O.Pt/c1-35-16-18-38(19-17-35)40-26-27-58-49(33-40)42-30-41(31-45(32-42)57(10,11)12)46-14-13-15-51-52(46)59-54(48-29-36(2)28-37(3)53(48)61)60(51)50-25-24-44(56(7,8)9)34-47(50)39-20-22-43(23-21-39)55(4,5)6;/h13-29,31-34,61H,1-12H3;/q-1;/i1D3,16D,17D,18D,19D,26D,27D,33D;. The molecule has 0 saturated heterocycles. The predicted molar refractivity (Wildman–Crippen MR) is 257 cm³/mol. The van der Waals surface area contributed by atoms with E-state index in [2.05, 4.69) is 99.6 Å². The summed E-state index contributed by atoms with van der Waals surface area (Å²) in [6.45, 7) is 20.1. The molecular formula is C57H58N3OPt-. The van der Waals surface area contributed by atoms with Gasteiger partial charge in [-0.15, -0.1) is 29.3 Å². The minimum absolute atomic E-state index is 0. The minimum atomic E-state index is -2.97. The van der Waals surface area contributed by atoms with Crippen molar-refractivity contribution in [2.24, 2.45) is 0 Å². The topological polar surface area (TPSA) is 50.9 Å². The van der Waals surface area contributed by atoms with Crippen molar-refractivity contribution in [3.63, 3.8) is 0 Å². The van der Waals surface area contributed by atoms with Crippen LogP contribution in [0.25, 0.3) is 72.7 Å². The number of aromatic nitrogens is 3. The molecule has 0 fully saturated rings. The number of hydrogen-bond acceptors (Lipinski definition) is 3. The van der Waals surface area contributed by atoms with Crippen LogP contribution in [0.3, 0.4) is 0 Å². The monoisotopic (exact) mass is 1010 g/mol. The predicted octanol–water partition coefficient (Wildman–Crippen LogP) is 15.1. The van der Waals surface area contributed by atoms with Crippen LogP contribution in [0.15, 0.2) is 127 Å². The van der Waals surface area contributed by atoms with E-state index in [1.54, 1.807) is 6.07 Å². The average Bonchev–Trinajstić information content (AvgIpc) is 3.67. The average molecular weight is 1010 g/mol. The van der Waals surface area contributed by atoms with Gasteiger partial charge in [0.1, 0.15) is 11.6 Å². The third-order valence-corrected chi connectivity index (χ3v) is 11.3. The number of phenols is 1. The van der Waals surface area contributed by atoms with Crippen LogP contribution in [0.4, 0.5) is 0 Å². The maximum atomic E-state index is 11.9. The van der Waals surface area contributed by atoms with Crippen molar-refractivity contribution in [2.45, 2.75) is 99.3 Å². The fraction of sp³-hybridized carbons (Fsp3) is 0.263. The number of hydrogen-bond donors (Lipinski definition) is 1. The molecule has 62 heavy (non-hydrogen) atoms. The van der Waals surface area contributed by atoms with Crippen LogP contribution in [0, 0.1) is 26.8 Å². The number of rotatable bonds is 6. The summed E-state index contributed by atoms with van der Waals surface area (Å²) in [5.74, 6) is 0.609. The van der Waals surface area contributed by atoms with Crippen molar-refractivity contribution >= 4 is 11.0 Å². The molecule has 1 N–H and O–H groups in total. The van der Waals surface area contributed by atoms with Crippen LogP contribution in [0.1, 0.15) is 109 Å². The maximum absolute atomic E-state index is 11.9. The Morgan fingerprint density at radius 3 is 1.95 bits per heavy atom. The van der Waals surface area contributed by atoms with Crippen molar-refractivity contribution < 1.29 is 39.9 Å². The zero-order valence-electron chi connectivity index (χ0n) is 47.2. The van der Waals surface area contributed by atoms with Crippen molar-refractivity contribution in [1.82, 2.24) is 14.5 Å². The Balaban J connectivity index is 0.00000760. The first-order valence-corrected chi connectivity index (χ1v) is 20.7. The largest absolute Gasteiger partial charge is 0.507 e. The van der Waals surface area contributed by atoms with Gasteiger partial charge < -0.3 is 5.11 Å². The van der Waals surface area contributed by atoms with E-state index >= 15 is 0 Å². The van der Waals surface area contributed by atoms with Gasteiger partial charge in [0.05, 0.1) is 31.9 Å². The molecule has 0 bridgehead atoms. The number of benzene rings is 6. The van der Waals surface area contributed by atoms with Crippen LogP contribution >= 0.6 is 0 Å². The quantitative estimate of drug-likeness (QED) is 0.169. The van der Waals surface area contributed by atoms with Crippen molar-refractivity contribution in [2.75, 3.05) is 0 Å². The summed E-state index contributed by atoms with van der Waals surface area (Å²) in [5, 5.41) is 11.9. The normalized spacial score (nSPS) is 14.6. The molecule has 0 amide bonds. The third-order valence-electron chi connectivity index (χ3n) is 11.3. The number of imidazole rings is 1. The van der Waals surface area contributed by atoms with Gasteiger partial charge in [-0.05, 0) is 106 Å². The molecule has 0 aliphatic rings. The molecular weight excluding hydrogens is 938 g/mol. The number of fused-ring (bicyclic) bond motifs is 1. The fourth-order valence-electron chi connectivity index (χ4n) is 7.73. The molecule has 0 unspecified atom stereocenters.